The van der Waals surface area contributed by atoms with Crippen LogP contribution >= 0.6 is 11.8 Å². The average molecular weight is 294 g/mol. The van der Waals surface area contributed by atoms with Gasteiger partial charge < -0.3 is 14.6 Å². The third kappa shape index (κ3) is 4.21. The van der Waals surface area contributed by atoms with Gasteiger partial charge in [-0.2, -0.15) is 0 Å². The molecule has 1 N–H and O–H groups in total. The quantitative estimate of drug-likeness (QED) is 0.857. The lowest BCUT2D eigenvalue weighted by Gasteiger charge is -2.09. The number of carbonyl (C=O) groups excluding carboxylic acids is 1. The van der Waals surface area contributed by atoms with Gasteiger partial charge in [-0.25, -0.2) is 4.79 Å². The maximum Gasteiger partial charge on any atom is 0.337 e. The summed E-state index contributed by atoms with van der Waals surface area (Å²) in [5.41, 5.74) is 0.349. The summed E-state index contributed by atoms with van der Waals surface area (Å²) in [6.45, 7) is 1.45. The van der Waals surface area contributed by atoms with E-state index in [1.165, 1.54) is 33.3 Å². The van der Waals surface area contributed by atoms with Crippen LogP contribution in [-0.2, 0) is 4.79 Å². The molecule has 0 aliphatic heterocycles. The highest BCUT2D eigenvalue weighted by Crippen LogP contribution is 2.30. The summed E-state index contributed by atoms with van der Waals surface area (Å²) < 4.78 is 10.2. The van der Waals surface area contributed by atoms with Gasteiger partial charge in [-0.3, -0.25) is 4.79 Å². The van der Waals surface area contributed by atoms with Crippen LogP contribution in [0.5, 0.6) is 11.5 Å². The molecule has 0 unspecified atom stereocenters. The minimum Gasteiger partial charge on any atom is -0.493 e. The molecule has 6 heteroatoms. The van der Waals surface area contributed by atoms with Crippen molar-refractivity contribution in [3.63, 3.8) is 0 Å². The van der Waals surface area contributed by atoms with Crippen LogP contribution in [0.4, 0.5) is 0 Å². The molecule has 1 aromatic carbocycles. The van der Waals surface area contributed by atoms with Gasteiger partial charge in [-0.1, -0.05) is 23.6 Å². The van der Waals surface area contributed by atoms with Gasteiger partial charge in [0, 0.05) is 18.6 Å². The molecule has 0 heterocycles. The predicted octanol–water partition coefficient (Wildman–Crippen LogP) is 2.03. The number of aromatic carboxylic acids is 1. The van der Waals surface area contributed by atoms with Gasteiger partial charge in [0.25, 0.3) is 0 Å². The fourth-order valence-electron chi connectivity index (χ4n) is 1.43. The van der Waals surface area contributed by atoms with Crippen LogP contribution in [0.25, 0.3) is 0 Å². The molecule has 0 fully saturated rings. The van der Waals surface area contributed by atoms with E-state index in [1.807, 2.05) is 0 Å². The Bertz CT molecular complexity index is 583. The molecule has 0 aromatic heterocycles. The van der Waals surface area contributed by atoms with E-state index in [0.717, 1.165) is 11.8 Å². The number of carbonyl (C=O) groups is 2. The van der Waals surface area contributed by atoms with Crippen LogP contribution in [0.1, 0.15) is 22.8 Å². The lowest BCUT2D eigenvalue weighted by atomic mass is 10.1. The first-order valence-corrected chi connectivity index (χ1v) is 6.59. The van der Waals surface area contributed by atoms with Crippen molar-refractivity contribution in [1.82, 2.24) is 0 Å². The number of hydrogen-bond donors (Lipinski definition) is 1. The number of carboxylic acid groups (broad SMARTS) is 1. The van der Waals surface area contributed by atoms with Gasteiger partial charge in [0.1, 0.15) is 0 Å². The molecular formula is C14H14O5S. The fourth-order valence-corrected chi connectivity index (χ4v) is 1.78. The van der Waals surface area contributed by atoms with Crippen molar-refractivity contribution >= 4 is 22.8 Å². The monoisotopic (exact) mass is 294 g/mol. The standard InChI is InChI=1S/C14H14O5S/c1-9(15)20-6-4-5-10-7-12(18-2)13(19-3)8-11(10)14(16)17/h7-8H,6H2,1-3H3,(H,16,17). The number of carboxylic acids is 1. The van der Waals surface area contributed by atoms with Crippen molar-refractivity contribution in [1.29, 1.82) is 0 Å². The maximum atomic E-state index is 11.2. The zero-order valence-electron chi connectivity index (χ0n) is 11.4. The van der Waals surface area contributed by atoms with E-state index in [1.54, 1.807) is 0 Å². The van der Waals surface area contributed by atoms with Gasteiger partial charge in [-0.05, 0) is 6.07 Å². The lowest BCUT2D eigenvalue weighted by Crippen LogP contribution is -2.02. The molecule has 5 nitrogen and oxygen atoms in total. The third-order valence-electron chi connectivity index (χ3n) is 2.32. The molecule has 0 aliphatic carbocycles. The molecule has 106 valence electrons. The largest absolute Gasteiger partial charge is 0.493 e. The number of rotatable bonds is 4. The minimum atomic E-state index is -1.10. The average Bonchev–Trinajstić information content (AvgIpc) is 2.42. The smallest absolute Gasteiger partial charge is 0.337 e. The van der Waals surface area contributed by atoms with Crippen LogP contribution < -0.4 is 9.47 Å². The van der Waals surface area contributed by atoms with Gasteiger partial charge in [0.15, 0.2) is 16.6 Å². The van der Waals surface area contributed by atoms with E-state index in [-0.39, 0.29) is 10.7 Å². The van der Waals surface area contributed by atoms with Crippen molar-refractivity contribution in [3.05, 3.63) is 23.3 Å². The summed E-state index contributed by atoms with van der Waals surface area (Å²) >= 11 is 1.07. The topological polar surface area (TPSA) is 72.8 Å². The van der Waals surface area contributed by atoms with Gasteiger partial charge >= 0.3 is 5.97 Å². The molecule has 1 rings (SSSR count). The maximum absolute atomic E-state index is 11.2. The minimum absolute atomic E-state index is 0.0305. The highest BCUT2D eigenvalue weighted by atomic mass is 32.2. The second-order valence-electron chi connectivity index (χ2n) is 3.64. The lowest BCUT2D eigenvalue weighted by molar-refractivity contribution is -0.109. The van der Waals surface area contributed by atoms with Crippen molar-refractivity contribution in [2.24, 2.45) is 0 Å². The van der Waals surface area contributed by atoms with Crippen LogP contribution in [0.3, 0.4) is 0 Å². The second-order valence-corrected chi connectivity index (χ2v) is 4.79. The summed E-state index contributed by atoms with van der Waals surface area (Å²) in [7, 11) is 2.89. The summed E-state index contributed by atoms with van der Waals surface area (Å²) in [4.78, 5) is 22.0. The number of methoxy groups -OCH3 is 2. The summed E-state index contributed by atoms with van der Waals surface area (Å²) in [6.07, 6.45) is 0. The Labute approximate surface area is 121 Å². The van der Waals surface area contributed by atoms with E-state index in [4.69, 9.17) is 9.47 Å². The Morgan fingerprint density at radius 1 is 1.25 bits per heavy atom. The third-order valence-corrected chi connectivity index (χ3v) is 3.02. The molecule has 0 atom stereocenters. The Hall–Kier alpha value is -2.13. The van der Waals surface area contributed by atoms with E-state index in [0.29, 0.717) is 22.8 Å². The SMILES string of the molecule is COc1cc(C#CCSC(C)=O)c(C(=O)O)cc1OC. The van der Waals surface area contributed by atoms with Crippen LogP contribution in [0.2, 0.25) is 0 Å². The van der Waals surface area contributed by atoms with Gasteiger partial charge in [-0.15, -0.1) is 0 Å². The first kappa shape index (κ1) is 15.9. The molecule has 0 amide bonds. The van der Waals surface area contributed by atoms with Crippen LogP contribution in [0.15, 0.2) is 12.1 Å². The Morgan fingerprint density at radius 3 is 2.35 bits per heavy atom. The Kier molecular flexibility index (Phi) is 5.94. The van der Waals surface area contributed by atoms with E-state index < -0.39 is 5.97 Å². The van der Waals surface area contributed by atoms with Crippen molar-refractivity contribution < 1.29 is 24.2 Å². The summed E-state index contributed by atoms with van der Waals surface area (Å²) in [6, 6.07) is 2.87. The molecule has 0 aliphatic rings. The van der Waals surface area contributed by atoms with Crippen LogP contribution in [0, 0.1) is 11.8 Å². The van der Waals surface area contributed by atoms with E-state index >= 15 is 0 Å². The summed E-state index contributed by atoms with van der Waals surface area (Å²) in [5.74, 6) is 5.42. The number of benzene rings is 1. The molecule has 0 saturated heterocycles. The Balaban J connectivity index is 3.15. The molecule has 20 heavy (non-hydrogen) atoms. The normalized spacial score (nSPS) is 9.35. The molecule has 1 aromatic rings. The van der Waals surface area contributed by atoms with Gasteiger partial charge in [0.05, 0.1) is 25.5 Å². The molecule has 0 spiro atoms. The highest BCUT2D eigenvalue weighted by Gasteiger charge is 2.14. The molecule has 0 radical (unpaired) electrons. The van der Waals surface area contributed by atoms with E-state index in [2.05, 4.69) is 11.8 Å². The first-order chi connectivity index (χ1) is 9.49. The fraction of sp³-hybridized carbons (Fsp3) is 0.286. The van der Waals surface area contributed by atoms with Gasteiger partial charge in [0.2, 0.25) is 0 Å². The zero-order chi connectivity index (χ0) is 15.1. The molecular weight excluding hydrogens is 280 g/mol. The van der Waals surface area contributed by atoms with Crippen molar-refractivity contribution in [3.8, 4) is 23.3 Å². The van der Waals surface area contributed by atoms with E-state index in [9.17, 15) is 14.7 Å². The zero-order valence-corrected chi connectivity index (χ0v) is 12.2. The number of thioether (sulfide) groups is 1. The number of hydrogen-bond acceptors (Lipinski definition) is 5. The van der Waals surface area contributed by atoms with Crippen LogP contribution in [-0.4, -0.2) is 36.2 Å². The van der Waals surface area contributed by atoms with Crippen molar-refractivity contribution in [2.75, 3.05) is 20.0 Å². The number of ether oxygens (including phenoxy) is 2. The second kappa shape index (κ2) is 7.46. The molecule has 0 bridgehead atoms. The van der Waals surface area contributed by atoms with Crippen molar-refractivity contribution in [2.45, 2.75) is 6.92 Å². The summed E-state index contributed by atoms with van der Waals surface area (Å²) in [5, 5.41) is 9.13. The first-order valence-electron chi connectivity index (χ1n) is 5.61. The predicted molar refractivity (Wildman–Crippen MR) is 76.5 cm³/mol. The molecule has 0 saturated carbocycles. The Morgan fingerprint density at radius 2 is 1.85 bits per heavy atom. The highest BCUT2D eigenvalue weighted by molar-refractivity contribution is 8.13.